The smallest absolute Gasteiger partial charge is 0.408 e. The van der Waals surface area contributed by atoms with Gasteiger partial charge in [0.1, 0.15) is 24.3 Å². The first kappa shape index (κ1) is 29.7. The first-order valence-corrected chi connectivity index (χ1v) is 11.9. The molecule has 0 bridgehead atoms. The number of carbonyl (C=O) groups excluding carboxylic acids is 3. The van der Waals surface area contributed by atoms with Crippen LogP contribution in [-0.2, 0) is 25.7 Å². The van der Waals surface area contributed by atoms with Crippen LogP contribution in [0.25, 0.3) is 0 Å². The number of carbonyl (C=O) groups is 3. The van der Waals surface area contributed by atoms with E-state index in [-0.39, 0.29) is 18.9 Å². The van der Waals surface area contributed by atoms with Crippen molar-refractivity contribution in [3.8, 4) is 0 Å². The molecule has 0 aromatic heterocycles. The second-order valence-corrected chi connectivity index (χ2v) is 9.65. The summed E-state index contributed by atoms with van der Waals surface area (Å²) in [5.74, 6) is -0.922. The number of benzene rings is 1. The Morgan fingerprint density at radius 2 is 1.71 bits per heavy atom. The summed E-state index contributed by atoms with van der Waals surface area (Å²) in [6, 6.07) is 7.50. The third-order valence-electron chi connectivity index (χ3n) is 4.80. The van der Waals surface area contributed by atoms with E-state index in [1.54, 1.807) is 32.9 Å². The minimum absolute atomic E-state index is 0.0886. The summed E-state index contributed by atoms with van der Waals surface area (Å²) < 4.78 is 10.8. The highest BCUT2D eigenvalue weighted by Gasteiger charge is 2.30. The van der Waals surface area contributed by atoms with Crippen LogP contribution < -0.4 is 10.6 Å². The van der Waals surface area contributed by atoms with E-state index in [1.807, 2.05) is 63.3 Å². The maximum Gasteiger partial charge on any atom is 0.408 e. The van der Waals surface area contributed by atoms with E-state index in [1.165, 1.54) is 0 Å². The second-order valence-electron chi connectivity index (χ2n) is 9.65. The number of rotatable bonds is 12. The van der Waals surface area contributed by atoms with Crippen LogP contribution in [0.5, 0.6) is 0 Å². The van der Waals surface area contributed by atoms with E-state index in [0.717, 1.165) is 11.1 Å². The van der Waals surface area contributed by atoms with Crippen molar-refractivity contribution in [1.29, 1.82) is 0 Å². The summed E-state index contributed by atoms with van der Waals surface area (Å²) >= 11 is 0. The molecule has 0 heterocycles. The van der Waals surface area contributed by atoms with Crippen LogP contribution in [0.3, 0.4) is 0 Å². The van der Waals surface area contributed by atoms with E-state index >= 15 is 0 Å². The van der Waals surface area contributed by atoms with Crippen LogP contribution in [0.4, 0.5) is 4.79 Å². The van der Waals surface area contributed by atoms with Crippen LogP contribution in [-0.4, -0.2) is 35.7 Å². The average molecular weight is 485 g/mol. The molecular formula is C28H40N2O5. The standard InChI is InChI=1S/C28H40N2O5/c1-8-10-14-21(9-2)18-24(26(32)34-19-22-15-12-11-13-16-22)29-25(31)23(17-20(3)4)30-27(33)35-28(5,6)7/h8-16,20,23-24H,1,17-19H2,2-7H3,(H,29,31)(H,30,33)/b14-10-,21-9+/t23?,24-/m0/s1. The second kappa shape index (κ2) is 14.8. The molecule has 7 nitrogen and oxygen atoms in total. The lowest BCUT2D eigenvalue weighted by molar-refractivity contribution is -0.149. The number of hydrogen-bond acceptors (Lipinski definition) is 5. The molecule has 2 atom stereocenters. The lowest BCUT2D eigenvalue weighted by atomic mass is 10.0. The Morgan fingerprint density at radius 3 is 2.26 bits per heavy atom. The minimum Gasteiger partial charge on any atom is -0.459 e. The van der Waals surface area contributed by atoms with Crippen molar-refractivity contribution in [3.05, 3.63) is 72.4 Å². The monoisotopic (exact) mass is 484 g/mol. The van der Waals surface area contributed by atoms with Crippen molar-refractivity contribution in [2.45, 2.75) is 78.7 Å². The van der Waals surface area contributed by atoms with E-state index in [0.29, 0.717) is 6.42 Å². The molecule has 35 heavy (non-hydrogen) atoms. The fourth-order valence-electron chi connectivity index (χ4n) is 3.16. The Hall–Kier alpha value is -3.35. The molecule has 1 aromatic carbocycles. The van der Waals surface area contributed by atoms with Gasteiger partial charge in [0.25, 0.3) is 0 Å². The van der Waals surface area contributed by atoms with Crippen molar-refractivity contribution < 1.29 is 23.9 Å². The zero-order valence-electron chi connectivity index (χ0n) is 21.8. The molecule has 2 amide bonds. The van der Waals surface area contributed by atoms with Gasteiger partial charge in [-0.1, -0.05) is 75.1 Å². The predicted molar refractivity (Wildman–Crippen MR) is 138 cm³/mol. The highest BCUT2D eigenvalue weighted by atomic mass is 16.6. The number of hydrogen-bond donors (Lipinski definition) is 2. The van der Waals surface area contributed by atoms with Gasteiger partial charge in [-0.3, -0.25) is 4.79 Å². The van der Waals surface area contributed by atoms with Crippen LogP contribution in [0.2, 0.25) is 0 Å². The maximum absolute atomic E-state index is 13.2. The van der Waals surface area contributed by atoms with Gasteiger partial charge in [-0.2, -0.15) is 0 Å². The van der Waals surface area contributed by atoms with Crippen LogP contribution in [0.15, 0.2) is 66.8 Å². The first-order chi connectivity index (χ1) is 16.4. The Labute approximate surface area is 209 Å². The van der Waals surface area contributed by atoms with Gasteiger partial charge in [0, 0.05) is 6.42 Å². The molecule has 7 heteroatoms. The maximum atomic E-state index is 13.2. The van der Waals surface area contributed by atoms with Gasteiger partial charge in [-0.25, -0.2) is 9.59 Å². The predicted octanol–water partition coefficient (Wildman–Crippen LogP) is 5.23. The zero-order chi connectivity index (χ0) is 26.4. The van der Waals surface area contributed by atoms with Gasteiger partial charge >= 0.3 is 12.1 Å². The lowest BCUT2D eigenvalue weighted by Crippen LogP contribution is -2.53. The summed E-state index contributed by atoms with van der Waals surface area (Å²) in [5, 5.41) is 5.42. The SMILES string of the molecule is C=C/C=C\C(=C/C)C[C@H](NC(=O)C(CC(C)C)NC(=O)OC(C)(C)C)C(=O)OCc1ccccc1. The topological polar surface area (TPSA) is 93.7 Å². The Balaban J connectivity index is 3.05. The van der Waals surface area contributed by atoms with Gasteiger partial charge in [0.05, 0.1) is 0 Å². The highest BCUT2D eigenvalue weighted by Crippen LogP contribution is 2.14. The molecule has 0 saturated heterocycles. The molecule has 0 aliphatic heterocycles. The Bertz CT molecular complexity index is 898. The van der Waals surface area contributed by atoms with Crippen LogP contribution in [0.1, 0.15) is 59.9 Å². The lowest BCUT2D eigenvalue weighted by Gasteiger charge is -2.26. The molecule has 1 aromatic rings. The van der Waals surface area contributed by atoms with E-state index in [4.69, 9.17) is 9.47 Å². The molecule has 2 N–H and O–H groups in total. The number of nitrogens with one attached hydrogen (secondary N) is 2. The Kier molecular flexibility index (Phi) is 12.6. The van der Waals surface area contributed by atoms with Crippen molar-refractivity contribution in [2.75, 3.05) is 0 Å². The van der Waals surface area contributed by atoms with Crippen molar-refractivity contribution >= 4 is 18.0 Å². The summed E-state index contributed by atoms with van der Waals surface area (Å²) in [6.07, 6.45) is 6.98. The zero-order valence-corrected chi connectivity index (χ0v) is 21.8. The molecule has 0 aliphatic carbocycles. The van der Waals surface area contributed by atoms with Crippen molar-refractivity contribution in [2.24, 2.45) is 5.92 Å². The van der Waals surface area contributed by atoms with E-state index < -0.39 is 35.7 Å². The van der Waals surface area contributed by atoms with Crippen LogP contribution >= 0.6 is 0 Å². The number of amides is 2. The number of ether oxygens (including phenoxy) is 2. The third-order valence-corrected chi connectivity index (χ3v) is 4.80. The summed E-state index contributed by atoms with van der Waals surface area (Å²) in [7, 11) is 0. The first-order valence-electron chi connectivity index (χ1n) is 11.9. The normalized spacial score (nSPS) is 13.7. The summed E-state index contributed by atoms with van der Waals surface area (Å²) in [4.78, 5) is 38.6. The highest BCUT2D eigenvalue weighted by molar-refractivity contribution is 5.89. The summed E-state index contributed by atoms with van der Waals surface area (Å²) in [6.45, 7) is 14.7. The molecule has 192 valence electrons. The quantitative estimate of drug-likeness (QED) is 0.313. The van der Waals surface area contributed by atoms with Gasteiger partial charge in [-0.05, 0) is 51.2 Å². The molecule has 1 unspecified atom stereocenters. The summed E-state index contributed by atoms with van der Waals surface area (Å²) in [5.41, 5.74) is 0.964. The third kappa shape index (κ3) is 12.6. The van der Waals surface area contributed by atoms with Gasteiger partial charge in [-0.15, -0.1) is 0 Å². The van der Waals surface area contributed by atoms with E-state index in [2.05, 4.69) is 17.2 Å². The molecule has 1 rings (SSSR count). The van der Waals surface area contributed by atoms with Crippen molar-refractivity contribution in [3.63, 3.8) is 0 Å². The van der Waals surface area contributed by atoms with Crippen LogP contribution in [0, 0.1) is 5.92 Å². The minimum atomic E-state index is -0.943. The molecule has 0 saturated carbocycles. The molecule has 0 fully saturated rings. The fourth-order valence-corrected chi connectivity index (χ4v) is 3.16. The molecule has 0 spiro atoms. The molecule has 0 radical (unpaired) electrons. The van der Waals surface area contributed by atoms with E-state index in [9.17, 15) is 14.4 Å². The largest absolute Gasteiger partial charge is 0.459 e. The van der Waals surface area contributed by atoms with Gasteiger partial charge in [0.15, 0.2) is 0 Å². The fraction of sp³-hybridized carbons (Fsp3) is 0.464. The van der Waals surface area contributed by atoms with Gasteiger partial charge in [0.2, 0.25) is 5.91 Å². The number of esters is 1. The average Bonchev–Trinajstić information content (AvgIpc) is 2.78. The number of allylic oxidation sites excluding steroid dienone is 4. The van der Waals surface area contributed by atoms with Crippen molar-refractivity contribution in [1.82, 2.24) is 10.6 Å². The Morgan fingerprint density at radius 1 is 1.06 bits per heavy atom. The number of alkyl carbamates (subject to hydrolysis) is 1. The van der Waals surface area contributed by atoms with Gasteiger partial charge < -0.3 is 20.1 Å². The molecule has 0 aliphatic rings. The molecular weight excluding hydrogens is 444 g/mol.